The Morgan fingerprint density at radius 3 is 1.80 bits per heavy atom. The molecule has 1 aliphatic heterocycles. The lowest BCUT2D eigenvalue weighted by molar-refractivity contribution is -0.308. The van der Waals surface area contributed by atoms with E-state index in [2.05, 4.69) is 16.0 Å². The van der Waals surface area contributed by atoms with Gasteiger partial charge >= 0.3 is 24.5 Å². The highest BCUT2D eigenvalue weighted by Crippen LogP contribution is 2.32. The Kier molecular flexibility index (Phi) is 13.9. The summed E-state index contributed by atoms with van der Waals surface area (Å²) in [6.45, 7) is 3.00. The molecular formula is C38H36ClF4N3O9. The lowest BCUT2D eigenvalue weighted by Gasteiger charge is -2.44. The topological polar surface area (TPSA) is 143 Å². The molecule has 5 atom stereocenters. The molecule has 4 aromatic carbocycles. The van der Waals surface area contributed by atoms with Crippen LogP contribution in [0.2, 0.25) is 5.02 Å². The maximum absolute atomic E-state index is 13.6. The highest BCUT2D eigenvalue weighted by atomic mass is 35.5. The third-order valence-electron chi connectivity index (χ3n) is 7.99. The number of anilines is 3. The molecule has 3 amide bonds. The van der Waals surface area contributed by atoms with Crippen LogP contribution in [-0.2, 0) is 41.2 Å². The molecule has 5 rings (SSSR count). The van der Waals surface area contributed by atoms with Gasteiger partial charge in [0.25, 0.3) is 0 Å². The van der Waals surface area contributed by atoms with Gasteiger partial charge in [-0.1, -0.05) is 41.4 Å². The van der Waals surface area contributed by atoms with Crippen LogP contribution in [-0.4, -0.2) is 62.2 Å². The average Bonchev–Trinajstić information content (AvgIpc) is 3.14. The molecule has 3 N–H and O–H groups in total. The summed E-state index contributed by atoms with van der Waals surface area (Å²) in [6.07, 6.45) is -14.9. The first kappa shape index (κ1) is 40.8. The van der Waals surface area contributed by atoms with Crippen molar-refractivity contribution in [3.8, 4) is 0 Å². The fraction of sp³-hybridized carbons (Fsp3) is 0.289. The van der Waals surface area contributed by atoms with Crippen LogP contribution in [0.3, 0.4) is 0 Å². The van der Waals surface area contributed by atoms with Gasteiger partial charge < -0.3 is 28.4 Å². The summed E-state index contributed by atoms with van der Waals surface area (Å²) >= 11 is 5.93. The second-order valence-corrected chi connectivity index (χ2v) is 12.5. The van der Waals surface area contributed by atoms with Gasteiger partial charge in [-0.05, 0) is 92.2 Å². The summed E-state index contributed by atoms with van der Waals surface area (Å²) in [7, 11) is 0. The van der Waals surface area contributed by atoms with Crippen molar-refractivity contribution in [2.24, 2.45) is 0 Å². The van der Waals surface area contributed by atoms with Crippen molar-refractivity contribution in [2.45, 2.75) is 57.3 Å². The van der Waals surface area contributed by atoms with Crippen molar-refractivity contribution in [1.82, 2.24) is 0 Å². The van der Waals surface area contributed by atoms with E-state index in [4.69, 9.17) is 40.0 Å². The number of alkyl halides is 3. The molecule has 0 saturated carbocycles. The van der Waals surface area contributed by atoms with E-state index in [1.165, 1.54) is 24.3 Å². The third kappa shape index (κ3) is 12.0. The summed E-state index contributed by atoms with van der Waals surface area (Å²) in [4.78, 5) is 39.6. The van der Waals surface area contributed by atoms with Gasteiger partial charge in [0.05, 0.1) is 12.2 Å². The van der Waals surface area contributed by atoms with Crippen LogP contribution in [0.25, 0.3) is 0 Å². The van der Waals surface area contributed by atoms with Crippen LogP contribution in [0, 0.1) is 12.7 Å². The highest BCUT2D eigenvalue weighted by Gasteiger charge is 2.52. The molecule has 1 heterocycles. The molecule has 55 heavy (non-hydrogen) atoms. The number of aryl methyl sites for hydroxylation is 1. The van der Waals surface area contributed by atoms with E-state index < -0.39 is 73.1 Å². The Labute approximate surface area is 317 Å². The zero-order valence-electron chi connectivity index (χ0n) is 29.3. The van der Waals surface area contributed by atoms with E-state index >= 15 is 0 Å². The van der Waals surface area contributed by atoms with E-state index in [0.29, 0.717) is 16.3 Å². The standard InChI is InChI=1S/C38H36ClF4N3O9/c1-3-50-34-33(51-20-23-6-4-22(2)5-7-23)32(55-37(49)45-27-14-8-24(9-15-27)38(41,42)43)31(54-36(48)46-29-18-12-26(40)13-19-29)30(53-34)21-52-35(47)44-28-16-10-25(39)11-17-28/h4-19,30-34H,3,20-21H2,1-2H3,(H,44,47)(H,45,49)(H,46,48)/t30-,31-,32+,33-,34-/m1/s1. The van der Waals surface area contributed by atoms with Crippen LogP contribution >= 0.6 is 11.6 Å². The number of hydrogen-bond donors (Lipinski definition) is 3. The van der Waals surface area contributed by atoms with Crippen LogP contribution in [0.1, 0.15) is 23.6 Å². The van der Waals surface area contributed by atoms with E-state index in [-0.39, 0.29) is 24.6 Å². The average molecular weight is 790 g/mol. The second kappa shape index (κ2) is 18.8. The summed E-state index contributed by atoms with van der Waals surface area (Å²) in [5, 5.41) is 7.78. The predicted octanol–water partition coefficient (Wildman–Crippen LogP) is 8.94. The first-order valence-corrected chi connectivity index (χ1v) is 17.2. The number of benzene rings is 4. The smallest absolute Gasteiger partial charge is 0.416 e. The van der Waals surface area contributed by atoms with Crippen molar-refractivity contribution in [3.63, 3.8) is 0 Å². The predicted molar refractivity (Wildman–Crippen MR) is 192 cm³/mol. The van der Waals surface area contributed by atoms with E-state index in [1.54, 1.807) is 19.1 Å². The first-order chi connectivity index (χ1) is 26.3. The molecule has 0 radical (unpaired) electrons. The fourth-order valence-electron chi connectivity index (χ4n) is 5.30. The van der Waals surface area contributed by atoms with Crippen molar-refractivity contribution in [2.75, 3.05) is 29.2 Å². The SMILES string of the molecule is CCO[C@@H]1O[C@H](COC(=O)Nc2ccc(Cl)cc2)[C@@H](OC(=O)Nc2ccc(F)cc2)[C@H](OC(=O)Nc2ccc(C(F)(F)F)cc2)[C@H]1OCc1ccc(C)cc1. The minimum absolute atomic E-state index is 0.0474. The number of carbonyl (C=O) groups is 3. The number of ether oxygens (including phenoxy) is 6. The van der Waals surface area contributed by atoms with E-state index in [0.717, 1.165) is 42.0 Å². The molecule has 0 spiro atoms. The second-order valence-electron chi connectivity index (χ2n) is 12.1. The van der Waals surface area contributed by atoms with Crippen molar-refractivity contribution in [1.29, 1.82) is 0 Å². The first-order valence-electron chi connectivity index (χ1n) is 16.8. The van der Waals surface area contributed by atoms with Crippen molar-refractivity contribution in [3.05, 3.63) is 125 Å². The summed E-state index contributed by atoms with van der Waals surface area (Å²) in [6, 6.07) is 21.9. The zero-order valence-corrected chi connectivity index (χ0v) is 30.1. The van der Waals surface area contributed by atoms with Gasteiger partial charge in [0.2, 0.25) is 0 Å². The molecule has 4 aromatic rings. The molecular weight excluding hydrogens is 754 g/mol. The van der Waals surface area contributed by atoms with Gasteiger partial charge in [-0.25, -0.2) is 18.8 Å². The molecule has 0 aliphatic carbocycles. The summed E-state index contributed by atoms with van der Waals surface area (Å²) in [5.74, 6) is -0.559. The van der Waals surface area contributed by atoms with E-state index in [1.807, 2.05) is 31.2 Å². The van der Waals surface area contributed by atoms with Gasteiger partial charge in [-0.15, -0.1) is 0 Å². The Balaban J connectivity index is 1.45. The molecule has 12 nitrogen and oxygen atoms in total. The normalized spacial score (nSPS) is 19.5. The van der Waals surface area contributed by atoms with Crippen molar-refractivity contribution >= 4 is 46.9 Å². The van der Waals surface area contributed by atoms with Gasteiger partial charge in [-0.2, -0.15) is 13.2 Å². The largest absolute Gasteiger partial charge is 0.446 e. The lowest BCUT2D eigenvalue weighted by atomic mass is 9.98. The number of rotatable bonds is 12. The molecule has 0 unspecified atom stereocenters. The minimum atomic E-state index is -4.61. The molecule has 0 aromatic heterocycles. The molecule has 292 valence electrons. The van der Waals surface area contributed by atoms with Gasteiger partial charge in [0.15, 0.2) is 18.5 Å². The fourth-order valence-corrected chi connectivity index (χ4v) is 5.43. The molecule has 1 fully saturated rings. The molecule has 1 aliphatic rings. The van der Waals surface area contributed by atoms with Crippen LogP contribution < -0.4 is 16.0 Å². The maximum atomic E-state index is 13.6. The van der Waals surface area contributed by atoms with Gasteiger partial charge in [0, 0.05) is 28.7 Å². The zero-order chi connectivity index (χ0) is 39.5. The minimum Gasteiger partial charge on any atom is -0.446 e. The molecule has 17 heteroatoms. The number of carbonyl (C=O) groups excluding carboxylic acids is 3. The van der Waals surface area contributed by atoms with Crippen LogP contribution in [0.5, 0.6) is 0 Å². The van der Waals surface area contributed by atoms with Gasteiger partial charge in [0.1, 0.15) is 24.6 Å². The Bertz CT molecular complexity index is 1880. The maximum Gasteiger partial charge on any atom is 0.416 e. The quantitative estimate of drug-likeness (QED) is 0.0947. The summed E-state index contributed by atoms with van der Waals surface area (Å²) < 4.78 is 88.4. The van der Waals surface area contributed by atoms with Crippen molar-refractivity contribution < 1.29 is 60.4 Å². The molecule has 1 saturated heterocycles. The Hall–Kier alpha value is -5.42. The lowest BCUT2D eigenvalue weighted by Crippen LogP contribution is -2.63. The van der Waals surface area contributed by atoms with Crippen LogP contribution in [0.4, 0.5) is 49.0 Å². The number of halogens is 5. The summed E-state index contributed by atoms with van der Waals surface area (Å²) in [5.41, 5.74) is 1.21. The number of amides is 3. The third-order valence-corrected chi connectivity index (χ3v) is 8.24. The Morgan fingerprint density at radius 2 is 1.24 bits per heavy atom. The van der Waals surface area contributed by atoms with Crippen LogP contribution in [0.15, 0.2) is 97.1 Å². The Morgan fingerprint density at radius 1 is 0.709 bits per heavy atom. The van der Waals surface area contributed by atoms with E-state index in [9.17, 15) is 31.9 Å². The monoisotopic (exact) mass is 789 g/mol. The highest BCUT2D eigenvalue weighted by molar-refractivity contribution is 6.30. The van der Waals surface area contributed by atoms with Gasteiger partial charge in [-0.3, -0.25) is 16.0 Å². The number of hydrogen-bond acceptors (Lipinski definition) is 9. The number of nitrogens with one attached hydrogen (secondary N) is 3. The molecule has 0 bridgehead atoms.